The van der Waals surface area contributed by atoms with E-state index < -0.39 is 11.6 Å². The quantitative estimate of drug-likeness (QED) is 0.208. The number of rotatable bonds is 7. The van der Waals surface area contributed by atoms with Gasteiger partial charge in [-0.1, -0.05) is 78.9 Å². The second-order valence-electron chi connectivity index (χ2n) is 12.4. The van der Waals surface area contributed by atoms with Gasteiger partial charge in [-0.3, -0.25) is 4.79 Å². The number of methoxy groups -OCH3 is 1. The molecule has 44 heavy (non-hydrogen) atoms. The van der Waals surface area contributed by atoms with E-state index in [1.165, 1.54) is 7.11 Å². The molecule has 4 aromatic rings. The average molecular weight is 593 g/mol. The van der Waals surface area contributed by atoms with E-state index >= 15 is 0 Å². The van der Waals surface area contributed by atoms with Crippen molar-refractivity contribution in [1.29, 1.82) is 0 Å². The number of amides is 2. The summed E-state index contributed by atoms with van der Waals surface area (Å²) in [4.78, 5) is 43.5. The number of benzene rings is 4. The molecule has 7 heteroatoms. The van der Waals surface area contributed by atoms with Gasteiger partial charge in [-0.25, -0.2) is 9.59 Å². The molecule has 0 saturated carbocycles. The molecule has 4 aromatic carbocycles. The van der Waals surface area contributed by atoms with E-state index in [9.17, 15) is 14.4 Å². The molecule has 1 saturated heterocycles. The molecule has 0 aliphatic carbocycles. The minimum atomic E-state index is -0.672. The third kappa shape index (κ3) is 6.77. The van der Waals surface area contributed by atoms with Crippen LogP contribution in [0.5, 0.6) is 0 Å². The summed E-state index contributed by atoms with van der Waals surface area (Å²) >= 11 is 0. The van der Waals surface area contributed by atoms with Crippen LogP contribution < -0.4 is 0 Å². The maximum Gasteiger partial charge on any atom is 0.410 e. The Labute approximate surface area is 259 Å². The van der Waals surface area contributed by atoms with Crippen LogP contribution in [-0.4, -0.2) is 60.1 Å². The maximum atomic E-state index is 13.9. The van der Waals surface area contributed by atoms with Crippen molar-refractivity contribution in [2.24, 2.45) is 5.92 Å². The van der Waals surface area contributed by atoms with Gasteiger partial charge in [0, 0.05) is 37.0 Å². The van der Waals surface area contributed by atoms with E-state index in [-0.39, 0.29) is 29.9 Å². The van der Waals surface area contributed by atoms with Crippen molar-refractivity contribution in [2.45, 2.75) is 45.3 Å². The first-order chi connectivity index (χ1) is 21.1. The Morgan fingerprint density at radius 1 is 0.864 bits per heavy atom. The molecule has 1 aliphatic rings. The highest BCUT2D eigenvalue weighted by Gasteiger charge is 2.40. The van der Waals surface area contributed by atoms with Gasteiger partial charge in [0.15, 0.2) is 0 Å². The number of hydrogen-bond acceptors (Lipinski definition) is 5. The van der Waals surface area contributed by atoms with Crippen LogP contribution in [0.3, 0.4) is 0 Å². The fraction of sp³-hybridized carbons (Fsp3) is 0.324. The number of hydrogen-bond donors (Lipinski definition) is 0. The summed E-state index contributed by atoms with van der Waals surface area (Å²) in [6.07, 6.45) is -0.389. The monoisotopic (exact) mass is 592 g/mol. The smallest absolute Gasteiger partial charge is 0.410 e. The van der Waals surface area contributed by atoms with Crippen molar-refractivity contribution in [1.82, 2.24) is 9.80 Å². The first-order valence-corrected chi connectivity index (χ1v) is 15.1. The number of esters is 1. The van der Waals surface area contributed by atoms with Gasteiger partial charge in [-0.2, -0.15) is 0 Å². The number of carbonyl (C=O) groups is 3. The van der Waals surface area contributed by atoms with Gasteiger partial charge in [0.1, 0.15) is 5.60 Å². The summed E-state index contributed by atoms with van der Waals surface area (Å²) in [6, 6.07) is 30.8. The second kappa shape index (κ2) is 12.9. The van der Waals surface area contributed by atoms with Gasteiger partial charge in [0.2, 0.25) is 0 Å². The molecule has 2 unspecified atom stereocenters. The molecule has 0 radical (unpaired) electrons. The third-order valence-electron chi connectivity index (χ3n) is 8.29. The molecule has 0 N–H and O–H groups in total. The van der Waals surface area contributed by atoms with Crippen molar-refractivity contribution in [3.05, 3.63) is 119 Å². The fourth-order valence-electron chi connectivity index (χ4n) is 6.13. The predicted molar refractivity (Wildman–Crippen MR) is 172 cm³/mol. The SMILES string of the molecule is COC(=O)c1cccc(C(=O)N2CC(CN(C(=O)OC(C)(C)C)[C@H](C)c3cccc4ccccc34)C(c3ccccc3)C2)c1. The first-order valence-electron chi connectivity index (χ1n) is 15.1. The summed E-state index contributed by atoms with van der Waals surface area (Å²) in [7, 11) is 1.32. The molecule has 1 aliphatic heterocycles. The Kier molecular flexibility index (Phi) is 9.04. The Bertz CT molecular complexity index is 1640. The summed E-state index contributed by atoms with van der Waals surface area (Å²) in [5, 5.41) is 2.19. The molecule has 2 amide bonds. The molecule has 1 heterocycles. The molecule has 0 bridgehead atoms. The molecule has 0 aromatic heterocycles. The largest absolute Gasteiger partial charge is 0.465 e. The van der Waals surface area contributed by atoms with Crippen molar-refractivity contribution >= 4 is 28.7 Å². The molecule has 5 rings (SSSR count). The molecular formula is C37H40N2O5. The molecular weight excluding hydrogens is 552 g/mol. The number of carbonyl (C=O) groups excluding carboxylic acids is 3. The number of ether oxygens (including phenoxy) is 2. The van der Waals surface area contributed by atoms with Crippen molar-refractivity contribution < 1.29 is 23.9 Å². The highest BCUT2D eigenvalue weighted by molar-refractivity contribution is 5.98. The standard InChI is InChI=1S/C37H40N2O5/c1-25(31-20-12-16-26-15-9-10-19-32(26)31)39(36(42)44-37(2,3)4)23-30-22-38(24-33(30)27-13-7-6-8-14-27)34(40)28-17-11-18-29(21-28)35(41)43-5/h6-21,25,30,33H,22-24H2,1-5H3/t25-,30?,33?/m1/s1. The number of likely N-dealkylation sites (tertiary alicyclic amines) is 1. The maximum absolute atomic E-state index is 13.9. The molecule has 7 nitrogen and oxygen atoms in total. The summed E-state index contributed by atoms with van der Waals surface area (Å²) in [5.74, 6) is -0.717. The molecule has 0 spiro atoms. The lowest BCUT2D eigenvalue weighted by Gasteiger charge is -2.35. The summed E-state index contributed by atoms with van der Waals surface area (Å²) in [5.41, 5.74) is 2.23. The molecule has 228 valence electrons. The van der Waals surface area contributed by atoms with Crippen molar-refractivity contribution in [3.63, 3.8) is 0 Å². The Balaban J connectivity index is 1.49. The zero-order chi connectivity index (χ0) is 31.4. The topological polar surface area (TPSA) is 76.2 Å². The van der Waals surface area contributed by atoms with E-state index in [1.807, 2.05) is 73.9 Å². The van der Waals surface area contributed by atoms with Gasteiger partial charge >= 0.3 is 12.1 Å². The normalized spacial score (nSPS) is 17.2. The van der Waals surface area contributed by atoms with E-state index in [1.54, 1.807) is 24.3 Å². The Morgan fingerprint density at radius 3 is 2.25 bits per heavy atom. The summed E-state index contributed by atoms with van der Waals surface area (Å²) in [6.45, 7) is 8.98. The highest BCUT2D eigenvalue weighted by atomic mass is 16.6. The zero-order valence-electron chi connectivity index (χ0n) is 26.0. The summed E-state index contributed by atoms with van der Waals surface area (Å²) < 4.78 is 10.8. The van der Waals surface area contributed by atoms with Gasteiger partial charge in [-0.15, -0.1) is 0 Å². The molecule has 1 fully saturated rings. The van der Waals surface area contributed by atoms with Gasteiger partial charge < -0.3 is 19.3 Å². The minimum absolute atomic E-state index is 0.00593. The van der Waals surface area contributed by atoms with Crippen LogP contribution in [0.4, 0.5) is 4.79 Å². The van der Waals surface area contributed by atoms with Crippen LogP contribution in [0.1, 0.15) is 71.5 Å². The van der Waals surface area contributed by atoms with Gasteiger partial charge in [0.05, 0.1) is 18.7 Å². The van der Waals surface area contributed by atoms with E-state index in [0.717, 1.165) is 21.9 Å². The average Bonchev–Trinajstić information content (AvgIpc) is 3.45. The lowest BCUT2D eigenvalue weighted by atomic mass is 9.88. The number of nitrogens with zero attached hydrogens (tertiary/aromatic N) is 2. The third-order valence-corrected chi connectivity index (χ3v) is 8.29. The van der Waals surface area contributed by atoms with Crippen LogP contribution in [0.15, 0.2) is 97.1 Å². The highest BCUT2D eigenvalue weighted by Crippen LogP contribution is 2.37. The lowest BCUT2D eigenvalue weighted by molar-refractivity contribution is 0.0137. The first kappa shape index (κ1) is 30.8. The molecule has 3 atom stereocenters. The van der Waals surface area contributed by atoms with E-state index in [0.29, 0.717) is 30.8 Å². The van der Waals surface area contributed by atoms with Crippen LogP contribution in [0.2, 0.25) is 0 Å². The number of fused-ring (bicyclic) bond motifs is 1. The fourth-order valence-corrected chi connectivity index (χ4v) is 6.13. The van der Waals surface area contributed by atoms with Crippen LogP contribution in [-0.2, 0) is 9.47 Å². The Morgan fingerprint density at radius 2 is 1.52 bits per heavy atom. The predicted octanol–water partition coefficient (Wildman–Crippen LogP) is 7.48. The van der Waals surface area contributed by atoms with Gasteiger partial charge in [-0.05, 0) is 67.8 Å². The zero-order valence-corrected chi connectivity index (χ0v) is 26.0. The van der Waals surface area contributed by atoms with Crippen molar-refractivity contribution in [2.75, 3.05) is 26.7 Å². The van der Waals surface area contributed by atoms with Crippen LogP contribution >= 0.6 is 0 Å². The lowest BCUT2D eigenvalue weighted by Crippen LogP contribution is -2.42. The van der Waals surface area contributed by atoms with Crippen molar-refractivity contribution in [3.8, 4) is 0 Å². The minimum Gasteiger partial charge on any atom is -0.465 e. The Hall–Kier alpha value is -4.65. The van der Waals surface area contributed by atoms with Crippen LogP contribution in [0, 0.1) is 5.92 Å². The van der Waals surface area contributed by atoms with E-state index in [4.69, 9.17) is 9.47 Å². The second-order valence-corrected chi connectivity index (χ2v) is 12.4. The van der Waals surface area contributed by atoms with Gasteiger partial charge in [0.25, 0.3) is 5.91 Å². The van der Waals surface area contributed by atoms with E-state index in [2.05, 4.69) is 36.4 Å². The van der Waals surface area contributed by atoms with Crippen LogP contribution in [0.25, 0.3) is 10.8 Å².